The third-order valence-corrected chi connectivity index (χ3v) is 5.48. The van der Waals surface area contributed by atoms with E-state index in [0.717, 1.165) is 28.1 Å². The van der Waals surface area contributed by atoms with Crippen molar-refractivity contribution in [3.8, 4) is 0 Å². The van der Waals surface area contributed by atoms with E-state index < -0.39 is 6.10 Å². The standard InChI is InChI=1S/C25H27N3O3/c1-17-9-7-8-12-22(17)25(20-10-5-4-6-11-20)31-16-21(29)15-27-19(3)14-24(30)28-23(27)13-18(2)26-28/h4-14,21,25,29H,15-16H2,1-3H3. The van der Waals surface area contributed by atoms with E-state index in [1.165, 1.54) is 10.6 Å². The van der Waals surface area contributed by atoms with Crippen molar-refractivity contribution >= 4 is 5.65 Å². The van der Waals surface area contributed by atoms with Crippen LogP contribution in [0.4, 0.5) is 0 Å². The second kappa shape index (κ2) is 8.88. The molecule has 6 heteroatoms. The first-order valence-electron chi connectivity index (χ1n) is 10.4. The number of rotatable bonds is 7. The summed E-state index contributed by atoms with van der Waals surface area (Å²) in [7, 11) is 0. The Morgan fingerprint density at radius 3 is 2.45 bits per heavy atom. The Morgan fingerprint density at radius 2 is 1.71 bits per heavy atom. The molecule has 2 aromatic carbocycles. The lowest BCUT2D eigenvalue weighted by molar-refractivity contribution is -0.000672. The number of aromatic nitrogens is 3. The summed E-state index contributed by atoms with van der Waals surface area (Å²) >= 11 is 0. The third kappa shape index (κ3) is 4.45. The van der Waals surface area contributed by atoms with Crippen LogP contribution in [-0.2, 0) is 11.3 Å². The van der Waals surface area contributed by atoms with Crippen molar-refractivity contribution in [3.63, 3.8) is 0 Å². The van der Waals surface area contributed by atoms with Gasteiger partial charge in [-0.05, 0) is 37.5 Å². The zero-order valence-corrected chi connectivity index (χ0v) is 18.0. The topological polar surface area (TPSA) is 68.8 Å². The highest BCUT2D eigenvalue weighted by atomic mass is 16.5. The van der Waals surface area contributed by atoms with Gasteiger partial charge < -0.3 is 14.4 Å². The minimum absolute atomic E-state index is 0.152. The molecule has 4 aromatic rings. The fourth-order valence-corrected chi connectivity index (χ4v) is 3.92. The van der Waals surface area contributed by atoms with Crippen LogP contribution < -0.4 is 5.56 Å². The maximum Gasteiger partial charge on any atom is 0.274 e. The van der Waals surface area contributed by atoms with Gasteiger partial charge in [0.15, 0.2) is 0 Å². The van der Waals surface area contributed by atoms with Crippen LogP contribution in [0.2, 0.25) is 0 Å². The number of aryl methyl sites for hydroxylation is 3. The van der Waals surface area contributed by atoms with E-state index in [4.69, 9.17) is 4.74 Å². The van der Waals surface area contributed by atoms with E-state index in [1.807, 2.05) is 66.9 Å². The quantitative estimate of drug-likeness (QED) is 0.499. The summed E-state index contributed by atoms with van der Waals surface area (Å²) in [5, 5.41) is 15.1. The molecular weight excluding hydrogens is 390 g/mol. The molecule has 2 aromatic heterocycles. The summed E-state index contributed by atoms with van der Waals surface area (Å²) in [4.78, 5) is 12.2. The van der Waals surface area contributed by atoms with Gasteiger partial charge in [-0.1, -0.05) is 54.6 Å². The van der Waals surface area contributed by atoms with Crippen molar-refractivity contribution in [1.29, 1.82) is 0 Å². The average Bonchev–Trinajstić information content (AvgIpc) is 3.15. The van der Waals surface area contributed by atoms with Gasteiger partial charge in [-0.3, -0.25) is 4.79 Å². The lowest BCUT2D eigenvalue weighted by atomic mass is 9.97. The fraction of sp³-hybridized carbons (Fsp3) is 0.280. The summed E-state index contributed by atoms with van der Waals surface area (Å²) in [5.74, 6) is 0. The Bertz CT molecular complexity index is 1240. The molecule has 0 amide bonds. The third-order valence-electron chi connectivity index (χ3n) is 5.48. The van der Waals surface area contributed by atoms with E-state index in [2.05, 4.69) is 24.2 Å². The Labute approximate surface area is 181 Å². The van der Waals surface area contributed by atoms with E-state index in [-0.39, 0.29) is 18.3 Å². The zero-order chi connectivity index (χ0) is 22.0. The van der Waals surface area contributed by atoms with Gasteiger partial charge in [0.2, 0.25) is 0 Å². The van der Waals surface area contributed by atoms with Crippen molar-refractivity contribution in [3.05, 3.63) is 105 Å². The summed E-state index contributed by atoms with van der Waals surface area (Å²) in [6, 6.07) is 21.5. The SMILES string of the molecule is Cc1cc2n(CC(O)COC(c3ccccc3)c3ccccc3C)c(C)cc(=O)n2n1. The first kappa shape index (κ1) is 21.0. The molecule has 160 valence electrons. The van der Waals surface area contributed by atoms with Crippen molar-refractivity contribution < 1.29 is 9.84 Å². The molecule has 6 nitrogen and oxygen atoms in total. The van der Waals surface area contributed by atoms with Gasteiger partial charge in [-0.2, -0.15) is 9.61 Å². The summed E-state index contributed by atoms with van der Waals surface area (Å²) < 4.78 is 9.54. The summed E-state index contributed by atoms with van der Waals surface area (Å²) in [6.45, 7) is 6.22. The highest BCUT2D eigenvalue weighted by Crippen LogP contribution is 2.28. The molecule has 0 bridgehead atoms. The van der Waals surface area contributed by atoms with Crippen LogP contribution >= 0.6 is 0 Å². The van der Waals surface area contributed by atoms with Crippen molar-refractivity contribution in [2.45, 2.75) is 39.5 Å². The second-order valence-electron chi connectivity index (χ2n) is 7.92. The maximum atomic E-state index is 12.2. The number of aliphatic hydroxyl groups excluding tert-OH is 1. The Hall–Kier alpha value is -3.22. The van der Waals surface area contributed by atoms with Crippen LogP contribution in [0, 0.1) is 20.8 Å². The Morgan fingerprint density at radius 1 is 1.00 bits per heavy atom. The van der Waals surface area contributed by atoms with Crippen LogP contribution in [0.15, 0.2) is 71.5 Å². The molecule has 0 spiro atoms. The van der Waals surface area contributed by atoms with Crippen LogP contribution in [0.5, 0.6) is 0 Å². The summed E-state index contributed by atoms with van der Waals surface area (Å²) in [6.07, 6.45) is -1.03. The van der Waals surface area contributed by atoms with Gasteiger partial charge in [0.05, 0.1) is 24.9 Å². The molecule has 0 fully saturated rings. The number of benzene rings is 2. The monoisotopic (exact) mass is 417 g/mol. The van der Waals surface area contributed by atoms with Crippen LogP contribution in [0.25, 0.3) is 5.65 Å². The molecule has 0 saturated heterocycles. The highest BCUT2D eigenvalue weighted by Gasteiger charge is 2.19. The minimum Gasteiger partial charge on any atom is -0.389 e. The Balaban J connectivity index is 1.57. The highest BCUT2D eigenvalue weighted by molar-refractivity contribution is 5.41. The normalized spacial score (nSPS) is 13.4. The molecule has 4 rings (SSSR count). The lowest BCUT2D eigenvalue weighted by Gasteiger charge is -2.23. The molecule has 31 heavy (non-hydrogen) atoms. The van der Waals surface area contributed by atoms with E-state index in [9.17, 15) is 9.90 Å². The molecule has 2 heterocycles. The minimum atomic E-state index is -0.754. The maximum absolute atomic E-state index is 12.2. The van der Waals surface area contributed by atoms with Gasteiger partial charge in [0.1, 0.15) is 11.8 Å². The van der Waals surface area contributed by atoms with Crippen LogP contribution in [0.1, 0.15) is 34.2 Å². The molecule has 0 radical (unpaired) electrons. The van der Waals surface area contributed by atoms with E-state index in [1.54, 1.807) is 0 Å². The first-order valence-corrected chi connectivity index (χ1v) is 10.4. The lowest BCUT2D eigenvalue weighted by Crippen LogP contribution is -2.27. The average molecular weight is 418 g/mol. The second-order valence-corrected chi connectivity index (χ2v) is 7.92. The number of ether oxygens (including phenoxy) is 1. The fourth-order valence-electron chi connectivity index (χ4n) is 3.92. The molecule has 0 aliphatic carbocycles. The molecule has 0 saturated carbocycles. The van der Waals surface area contributed by atoms with Crippen molar-refractivity contribution in [2.24, 2.45) is 0 Å². The van der Waals surface area contributed by atoms with Gasteiger partial charge in [-0.15, -0.1) is 0 Å². The van der Waals surface area contributed by atoms with Gasteiger partial charge in [0.25, 0.3) is 5.56 Å². The predicted molar refractivity (Wildman–Crippen MR) is 120 cm³/mol. The first-order chi connectivity index (χ1) is 14.9. The summed E-state index contributed by atoms with van der Waals surface area (Å²) in [5.41, 5.74) is 5.28. The Kier molecular flexibility index (Phi) is 6.02. The number of hydrogen-bond acceptors (Lipinski definition) is 4. The molecule has 2 atom stereocenters. The molecule has 1 N–H and O–H groups in total. The van der Waals surface area contributed by atoms with E-state index >= 15 is 0 Å². The molecule has 0 aliphatic heterocycles. The number of fused-ring (bicyclic) bond motifs is 1. The number of nitrogens with zero attached hydrogens (tertiary/aromatic N) is 3. The van der Waals surface area contributed by atoms with Gasteiger partial charge in [0, 0.05) is 17.8 Å². The van der Waals surface area contributed by atoms with Gasteiger partial charge in [-0.25, -0.2) is 0 Å². The van der Waals surface area contributed by atoms with Crippen LogP contribution in [0.3, 0.4) is 0 Å². The predicted octanol–water partition coefficient (Wildman–Crippen LogP) is 3.59. The molecular formula is C25H27N3O3. The molecule has 0 aliphatic rings. The van der Waals surface area contributed by atoms with Crippen LogP contribution in [-0.4, -0.2) is 32.0 Å². The van der Waals surface area contributed by atoms with Crippen molar-refractivity contribution in [2.75, 3.05) is 6.61 Å². The zero-order valence-electron chi connectivity index (χ0n) is 18.0. The van der Waals surface area contributed by atoms with Gasteiger partial charge >= 0.3 is 0 Å². The largest absolute Gasteiger partial charge is 0.389 e. The van der Waals surface area contributed by atoms with E-state index in [0.29, 0.717) is 12.2 Å². The molecule has 2 unspecified atom stereocenters. The van der Waals surface area contributed by atoms with Crippen molar-refractivity contribution in [1.82, 2.24) is 14.2 Å². The smallest absolute Gasteiger partial charge is 0.274 e. The number of hydrogen-bond donors (Lipinski definition) is 1. The number of aliphatic hydroxyl groups is 1.